The third-order valence-corrected chi connectivity index (χ3v) is 2.85. The van der Waals surface area contributed by atoms with Crippen molar-refractivity contribution < 1.29 is 4.79 Å². The van der Waals surface area contributed by atoms with Gasteiger partial charge in [0.25, 0.3) is 0 Å². The molecule has 1 N–H and O–H groups in total. The van der Waals surface area contributed by atoms with E-state index in [0.29, 0.717) is 5.13 Å². The van der Waals surface area contributed by atoms with Gasteiger partial charge in [0, 0.05) is 10.8 Å². The molecule has 1 amide bonds. The summed E-state index contributed by atoms with van der Waals surface area (Å²) in [4.78, 5) is 15.8. The summed E-state index contributed by atoms with van der Waals surface area (Å²) < 4.78 is 0. The summed E-state index contributed by atoms with van der Waals surface area (Å²) >= 11 is 1.38. The second-order valence-electron chi connectivity index (χ2n) is 4.63. The van der Waals surface area contributed by atoms with Gasteiger partial charge in [-0.3, -0.25) is 4.79 Å². The normalized spacial score (nSPS) is 12.9. The number of thiazole rings is 1. The number of hydrogen-bond acceptors (Lipinski definition) is 4. The molecule has 0 bridgehead atoms. The number of nitrogens with zero attached hydrogens (tertiary/aromatic N) is 2. The zero-order valence-corrected chi connectivity index (χ0v) is 10.7. The summed E-state index contributed by atoms with van der Waals surface area (Å²) in [5, 5.41) is 13.7. The van der Waals surface area contributed by atoms with Gasteiger partial charge in [0.1, 0.15) is 5.92 Å². The zero-order valence-electron chi connectivity index (χ0n) is 9.87. The van der Waals surface area contributed by atoms with E-state index in [0.717, 1.165) is 5.69 Å². The van der Waals surface area contributed by atoms with Crippen LogP contribution in [0.1, 0.15) is 33.4 Å². The van der Waals surface area contributed by atoms with Gasteiger partial charge in [0.2, 0.25) is 5.91 Å². The maximum absolute atomic E-state index is 11.4. The quantitative estimate of drug-likeness (QED) is 0.859. The number of carbonyl (C=O) groups excluding carboxylic acids is 1. The third kappa shape index (κ3) is 3.04. The number of nitrogens with one attached hydrogen (secondary N) is 1. The summed E-state index contributed by atoms with van der Waals surface area (Å²) in [6.07, 6.45) is 0. The molecule has 1 unspecified atom stereocenters. The van der Waals surface area contributed by atoms with Gasteiger partial charge in [0.05, 0.1) is 11.8 Å². The molecule has 0 radical (unpaired) electrons. The van der Waals surface area contributed by atoms with Crippen molar-refractivity contribution in [1.82, 2.24) is 4.98 Å². The van der Waals surface area contributed by atoms with Crippen molar-refractivity contribution >= 4 is 22.4 Å². The summed E-state index contributed by atoms with van der Waals surface area (Å²) in [6, 6.07) is 1.89. The molecule has 16 heavy (non-hydrogen) atoms. The molecular formula is C11H15N3OS. The van der Waals surface area contributed by atoms with Crippen LogP contribution in [0, 0.1) is 17.2 Å². The van der Waals surface area contributed by atoms with E-state index in [4.69, 9.17) is 5.26 Å². The first-order valence-electron chi connectivity index (χ1n) is 5.01. The van der Waals surface area contributed by atoms with Crippen molar-refractivity contribution in [1.29, 1.82) is 5.26 Å². The lowest BCUT2D eigenvalue weighted by atomic mass is 9.93. The van der Waals surface area contributed by atoms with Gasteiger partial charge < -0.3 is 5.32 Å². The highest BCUT2D eigenvalue weighted by molar-refractivity contribution is 7.13. The van der Waals surface area contributed by atoms with Crippen LogP contribution in [0.15, 0.2) is 5.38 Å². The van der Waals surface area contributed by atoms with Crippen molar-refractivity contribution in [3.63, 3.8) is 0 Å². The first-order valence-corrected chi connectivity index (χ1v) is 5.89. The second kappa shape index (κ2) is 4.62. The smallest absolute Gasteiger partial charge is 0.243 e. The van der Waals surface area contributed by atoms with E-state index in [2.05, 4.69) is 31.1 Å². The largest absolute Gasteiger partial charge is 0.301 e. The predicted molar refractivity (Wildman–Crippen MR) is 64.2 cm³/mol. The minimum atomic E-state index is -0.651. The fourth-order valence-electron chi connectivity index (χ4n) is 0.948. The topological polar surface area (TPSA) is 65.8 Å². The Morgan fingerprint density at radius 3 is 2.69 bits per heavy atom. The minimum Gasteiger partial charge on any atom is -0.301 e. The Labute approximate surface area is 99.3 Å². The molecule has 0 saturated carbocycles. The fourth-order valence-corrected chi connectivity index (χ4v) is 1.89. The molecule has 0 aliphatic heterocycles. The lowest BCUT2D eigenvalue weighted by Gasteiger charge is -2.14. The molecule has 0 spiro atoms. The van der Waals surface area contributed by atoms with Crippen LogP contribution in [0.4, 0.5) is 5.13 Å². The van der Waals surface area contributed by atoms with Crippen molar-refractivity contribution in [2.24, 2.45) is 5.92 Å². The Bertz CT molecular complexity index is 425. The van der Waals surface area contributed by atoms with Gasteiger partial charge in [-0.2, -0.15) is 5.26 Å². The van der Waals surface area contributed by atoms with Crippen molar-refractivity contribution in [3.8, 4) is 6.07 Å². The van der Waals surface area contributed by atoms with E-state index >= 15 is 0 Å². The molecule has 4 nitrogen and oxygen atoms in total. The lowest BCUT2D eigenvalue weighted by Crippen LogP contribution is -2.19. The summed E-state index contributed by atoms with van der Waals surface area (Å²) in [7, 11) is 0. The van der Waals surface area contributed by atoms with Crippen LogP contribution >= 0.6 is 11.3 Å². The van der Waals surface area contributed by atoms with Gasteiger partial charge in [0.15, 0.2) is 5.13 Å². The van der Waals surface area contributed by atoms with Gasteiger partial charge in [-0.25, -0.2) is 4.98 Å². The molecule has 1 heterocycles. The highest BCUT2D eigenvalue weighted by Gasteiger charge is 2.19. The standard InChI is InChI=1S/C11H15N3OS/c1-7(5-12)9(15)14-10-13-8(6-16-10)11(2,3)4/h6-7H,1-4H3,(H,13,14,15). The maximum Gasteiger partial charge on any atom is 0.243 e. The van der Waals surface area contributed by atoms with Crippen LogP contribution in [-0.2, 0) is 10.2 Å². The monoisotopic (exact) mass is 237 g/mol. The predicted octanol–water partition coefficient (Wildman–Crippen LogP) is 2.54. The van der Waals surface area contributed by atoms with Crippen molar-refractivity contribution in [2.45, 2.75) is 33.1 Å². The molecule has 86 valence electrons. The second-order valence-corrected chi connectivity index (χ2v) is 5.49. The van der Waals surface area contributed by atoms with Crippen LogP contribution in [0.25, 0.3) is 0 Å². The number of hydrogen-bond donors (Lipinski definition) is 1. The number of amides is 1. The van der Waals surface area contributed by atoms with E-state index in [1.54, 1.807) is 6.92 Å². The molecule has 1 aromatic heterocycles. The van der Waals surface area contributed by atoms with Gasteiger partial charge >= 0.3 is 0 Å². The van der Waals surface area contributed by atoms with E-state index in [1.807, 2.05) is 11.4 Å². The van der Waals surface area contributed by atoms with Crippen LogP contribution in [0.5, 0.6) is 0 Å². The van der Waals surface area contributed by atoms with Gasteiger partial charge in [-0.1, -0.05) is 20.8 Å². The fraction of sp³-hybridized carbons (Fsp3) is 0.545. The van der Waals surface area contributed by atoms with Crippen LogP contribution in [0.2, 0.25) is 0 Å². The number of nitriles is 1. The highest BCUT2D eigenvalue weighted by atomic mass is 32.1. The van der Waals surface area contributed by atoms with E-state index < -0.39 is 5.92 Å². The molecule has 5 heteroatoms. The zero-order chi connectivity index (χ0) is 12.3. The molecule has 1 aromatic rings. The van der Waals surface area contributed by atoms with Crippen molar-refractivity contribution in [2.75, 3.05) is 5.32 Å². The first-order chi connectivity index (χ1) is 7.34. The van der Waals surface area contributed by atoms with Crippen LogP contribution < -0.4 is 5.32 Å². The van der Waals surface area contributed by atoms with E-state index in [-0.39, 0.29) is 11.3 Å². The van der Waals surface area contributed by atoms with Gasteiger partial charge in [-0.15, -0.1) is 11.3 Å². The number of aromatic nitrogens is 1. The molecule has 0 aliphatic carbocycles. The Kier molecular flexibility index (Phi) is 3.66. The van der Waals surface area contributed by atoms with E-state index in [9.17, 15) is 4.79 Å². The van der Waals surface area contributed by atoms with Crippen LogP contribution in [-0.4, -0.2) is 10.9 Å². The lowest BCUT2D eigenvalue weighted by molar-refractivity contribution is -0.117. The Morgan fingerprint density at radius 1 is 1.62 bits per heavy atom. The molecule has 0 aromatic carbocycles. The Morgan fingerprint density at radius 2 is 2.25 bits per heavy atom. The molecule has 0 saturated heterocycles. The van der Waals surface area contributed by atoms with E-state index in [1.165, 1.54) is 11.3 Å². The SMILES string of the molecule is CC(C#N)C(=O)Nc1nc(C(C)(C)C)cs1. The third-order valence-electron chi connectivity index (χ3n) is 2.09. The molecule has 0 fully saturated rings. The summed E-state index contributed by atoms with van der Waals surface area (Å²) in [5.41, 5.74) is 0.915. The molecule has 0 aliphatic rings. The Balaban J connectivity index is 2.74. The average molecular weight is 237 g/mol. The first kappa shape index (κ1) is 12.7. The summed E-state index contributed by atoms with van der Waals surface area (Å²) in [5.74, 6) is -0.959. The molecule has 1 rings (SSSR count). The van der Waals surface area contributed by atoms with Gasteiger partial charge in [-0.05, 0) is 6.92 Å². The van der Waals surface area contributed by atoms with Crippen molar-refractivity contribution in [3.05, 3.63) is 11.1 Å². The minimum absolute atomic E-state index is 0.0275. The average Bonchev–Trinajstić information content (AvgIpc) is 2.64. The Hall–Kier alpha value is -1.41. The number of anilines is 1. The number of rotatable bonds is 2. The number of carbonyl (C=O) groups is 1. The summed E-state index contributed by atoms with van der Waals surface area (Å²) in [6.45, 7) is 7.75. The van der Waals surface area contributed by atoms with Crippen LogP contribution in [0.3, 0.4) is 0 Å². The maximum atomic E-state index is 11.4. The molecular weight excluding hydrogens is 222 g/mol. The molecule has 1 atom stereocenters. The highest BCUT2D eigenvalue weighted by Crippen LogP contribution is 2.26.